The van der Waals surface area contributed by atoms with Crippen molar-refractivity contribution in [2.75, 3.05) is 13.2 Å². The largest absolute Gasteiger partial charge is 0.348 e. The topological polar surface area (TPSA) is 42.2 Å². The molecule has 1 aromatic rings. The van der Waals surface area contributed by atoms with Crippen molar-refractivity contribution in [1.82, 2.24) is 0 Å². The van der Waals surface area contributed by atoms with E-state index in [1.165, 1.54) is 6.07 Å². The van der Waals surface area contributed by atoms with Gasteiger partial charge in [0.15, 0.2) is 6.29 Å². The third kappa shape index (κ3) is 2.43. The fourth-order valence-corrected chi connectivity index (χ4v) is 1.63. The van der Waals surface area contributed by atoms with Crippen molar-refractivity contribution in [1.29, 1.82) is 5.26 Å². The molecule has 1 saturated heterocycles. The number of ether oxygens (including phenoxy) is 2. The van der Waals surface area contributed by atoms with Crippen LogP contribution in [0.1, 0.15) is 24.3 Å². The van der Waals surface area contributed by atoms with E-state index in [2.05, 4.69) is 0 Å². The molecular weight excluding hydrogens is 228 g/mol. The SMILES string of the molecule is C[C@H]1CO[C@H](c2cc(F)c(C#N)c(F)c2)OC1. The minimum absolute atomic E-state index is 0.255. The molecule has 0 saturated carbocycles. The Morgan fingerprint density at radius 2 is 1.76 bits per heavy atom. The van der Waals surface area contributed by atoms with E-state index in [1.54, 1.807) is 0 Å². The highest BCUT2D eigenvalue weighted by Crippen LogP contribution is 2.27. The maximum absolute atomic E-state index is 13.4. The molecule has 0 atom stereocenters. The lowest BCUT2D eigenvalue weighted by Crippen LogP contribution is -2.25. The zero-order chi connectivity index (χ0) is 12.4. The molecule has 0 N–H and O–H groups in total. The number of halogens is 2. The third-order valence-electron chi connectivity index (χ3n) is 2.51. The summed E-state index contributed by atoms with van der Waals surface area (Å²) in [5.74, 6) is -1.53. The van der Waals surface area contributed by atoms with Crippen molar-refractivity contribution < 1.29 is 18.3 Å². The van der Waals surface area contributed by atoms with Crippen LogP contribution >= 0.6 is 0 Å². The molecule has 0 radical (unpaired) electrons. The maximum Gasteiger partial charge on any atom is 0.184 e. The van der Waals surface area contributed by atoms with Gasteiger partial charge in [-0.2, -0.15) is 5.26 Å². The molecule has 1 heterocycles. The van der Waals surface area contributed by atoms with E-state index >= 15 is 0 Å². The van der Waals surface area contributed by atoms with Gasteiger partial charge in [-0.25, -0.2) is 8.78 Å². The van der Waals surface area contributed by atoms with Crippen LogP contribution in [0.15, 0.2) is 12.1 Å². The van der Waals surface area contributed by atoms with E-state index in [1.807, 2.05) is 6.92 Å². The predicted molar refractivity (Wildman–Crippen MR) is 54.9 cm³/mol. The highest BCUT2D eigenvalue weighted by Gasteiger charge is 2.23. The molecule has 17 heavy (non-hydrogen) atoms. The standard InChI is InChI=1S/C12H11F2NO2/c1-7-5-16-12(17-6-7)8-2-10(13)9(4-15)11(14)3-8/h2-3,7,12H,5-6H2,1H3/t7-,12-. The van der Waals surface area contributed by atoms with Crippen LogP contribution in [-0.4, -0.2) is 13.2 Å². The lowest BCUT2D eigenvalue weighted by atomic mass is 10.1. The highest BCUT2D eigenvalue weighted by atomic mass is 19.1. The molecule has 0 aromatic heterocycles. The molecule has 1 fully saturated rings. The number of benzene rings is 1. The second-order valence-corrected chi connectivity index (χ2v) is 4.08. The Labute approximate surface area is 97.6 Å². The summed E-state index contributed by atoms with van der Waals surface area (Å²) in [6.07, 6.45) is -0.761. The van der Waals surface area contributed by atoms with Crippen LogP contribution in [0.25, 0.3) is 0 Å². The van der Waals surface area contributed by atoms with Crippen molar-refractivity contribution in [3.8, 4) is 6.07 Å². The molecule has 0 spiro atoms. The van der Waals surface area contributed by atoms with Gasteiger partial charge in [0, 0.05) is 11.5 Å². The fourth-order valence-electron chi connectivity index (χ4n) is 1.63. The first-order valence-corrected chi connectivity index (χ1v) is 5.24. The number of nitriles is 1. The van der Waals surface area contributed by atoms with Crippen LogP contribution in [0.3, 0.4) is 0 Å². The van der Waals surface area contributed by atoms with Gasteiger partial charge in [0.2, 0.25) is 0 Å². The molecular formula is C12H11F2NO2. The van der Waals surface area contributed by atoms with E-state index < -0.39 is 23.5 Å². The lowest BCUT2D eigenvalue weighted by Gasteiger charge is -2.27. The van der Waals surface area contributed by atoms with Crippen molar-refractivity contribution in [2.45, 2.75) is 13.2 Å². The third-order valence-corrected chi connectivity index (χ3v) is 2.51. The maximum atomic E-state index is 13.4. The molecule has 0 aliphatic carbocycles. The minimum Gasteiger partial charge on any atom is -0.348 e. The average Bonchev–Trinajstić information content (AvgIpc) is 2.29. The van der Waals surface area contributed by atoms with E-state index in [-0.39, 0.29) is 11.5 Å². The molecule has 2 rings (SSSR count). The van der Waals surface area contributed by atoms with Crippen molar-refractivity contribution in [3.05, 3.63) is 34.9 Å². The summed E-state index contributed by atoms with van der Waals surface area (Å²) in [4.78, 5) is 0. The molecule has 90 valence electrons. The van der Waals surface area contributed by atoms with Gasteiger partial charge in [-0.3, -0.25) is 0 Å². The Balaban J connectivity index is 2.26. The van der Waals surface area contributed by atoms with Gasteiger partial charge in [0.1, 0.15) is 23.3 Å². The van der Waals surface area contributed by atoms with Crippen LogP contribution in [0.5, 0.6) is 0 Å². The Morgan fingerprint density at radius 3 is 2.24 bits per heavy atom. The molecule has 1 aromatic carbocycles. The van der Waals surface area contributed by atoms with Gasteiger partial charge < -0.3 is 9.47 Å². The second kappa shape index (κ2) is 4.78. The summed E-state index contributed by atoms with van der Waals surface area (Å²) in [6, 6.07) is 3.61. The highest BCUT2D eigenvalue weighted by molar-refractivity contribution is 5.35. The van der Waals surface area contributed by atoms with Gasteiger partial charge >= 0.3 is 0 Å². The summed E-state index contributed by atoms with van der Waals surface area (Å²) < 4.78 is 37.4. The molecule has 1 aliphatic heterocycles. The lowest BCUT2D eigenvalue weighted by molar-refractivity contribution is -0.202. The molecule has 0 amide bonds. The Morgan fingerprint density at radius 1 is 1.24 bits per heavy atom. The van der Waals surface area contributed by atoms with Crippen LogP contribution in [-0.2, 0) is 9.47 Å². The van der Waals surface area contributed by atoms with Gasteiger partial charge in [0.05, 0.1) is 13.2 Å². The second-order valence-electron chi connectivity index (χ2n) is 4.08. The number of hydrogen-bond acceptors (Lipinski definition) is 3. The fraction of sp³-hybridized carbons (Fsp3) is 0.417. The van der Waals surface area contributed by atoms with Crippen LogP contribution in [0, 0.1) is 28.9 Å². The summed E-state index contributed by atoms with van der Waals surface area (Å²) in [6.45, 7) is 2.91. The Bertz CT molecular complexity index is 439. The van der Waals surface area contributed by atoms with Crippen LogP contribution in [0.2, 0.25) is 0 Å². The zero-order valence-corrected chi connectivity index (χ0v) is 9.24. The van der Waals surface area contributed by atoms with Crippen LogP contribution in [0.4, 0.5) is 8.78 Å². The summed E-state index contributed by atoms with van der Waals surface area (Å²) in [5, 5.41) is 8.54. The molecule has 1 aliphatic rings. The van der Waals surface area contributed by atoms with Crippen molar-refractivity contribution >= 4 is 0 Å². The van der Waals surface area contributed by atoms with Crippen molar-refractivity contribution in [3.63, 3.8) is 0 Å². The Hall–Kier alpha value is -1.51. The molecule has 0 bridgehead atoms. The monoisotopic (exact) mass is 239 g/mol. The van der Waals surface area contributed by atoms with Crippen molar-refractivity contribution in [2.24, 2.45) is 5.92 Å². The average molecular weight is 239 g/mol. The quantitative estimate of drug-likeness (QED) is 0.756. The van der Waals surface area contributed by atoms with E-state index in [0.717, 1.165) is 12.1 Å². The van der Waals surface area contributed by atoms with Crippen LogP contribution < -0.4 is 0 Å². The van der Waals surface area contributed by atoms with Gasteiger partial charge in [-0.15, -0.1) is 0 Å². The Kier molecular flexibility index (Phi) is 3.36. The minimum atomic E-state index is -0.895. The smallest absolute Gasteiger partial charge is 0.184 e. The zero-order valence-electron chi connectivity index (χ0n) is 9.24. The molecule has 0 unspecified atom stereocenters. The van der Waals surface area contributed by atoms with E-state index in [4.69, 9.17) is 14.7 Å². The number of hydrogen-bond donors (Lipinski definition) is 0. The normalized spacial score (nSPS) is 24.4. The summed E-state index contributed by atoms with van der Waals surface area (Å²) >= 11 is 0. The summed E-state index contributed by atoms with van der Waals surface area (Å²) in [5.41, 5.74) is -0.330. The first-order valence-electron chi connectivity index (χ1n) is 5.24. The number of nitrogens with zero attached hydrogens (tertiary/aromatic N) is 1. The number of rotatable bonds is 1. The summed E-state index contributed by atoms with van der Waals surface area (Å²) in [7, 11) is 0. The van der Waals surface area contributed by atoms with E-state index in [9.17, 15) is 8.78 Å². The first-order chi connectivity index (χ1) is 8.11. The van der Waals surface area contributed by atoms with Gasteiger partial charge in [-0.05, 0) is 12.1 Å². The van der Waals surface area contributed by atoms with Gasteiger partial charge in [0.25, 0.3) is 0 Å². The predicted octanol–water partition coefficient (Wildman–Crippen LogP) is 2.52. The first kappa shape index (κ1) is 12.0. The molecule has 3 nitrogen and oxygen atoms in total. The van der Waals surface area contributed by atoms with E-state index in [0.29, 0.717) is 13.2 Å². The molecule has 5 heteroatoms. The van der Waals surface area contributed by atoms with Gasteiger partial charge in [-0.1, -0.05) is 6.92 Å².